The van der Waals surface area contributed by atoms with Gasteiger partial charge in [-0.3, -0.25) is 9.59 Å². The van der Waals surface area contributed by atoms with E-state index in [1.165, 1.54) is 141 Å². The lowest BCUT2D eigenvalue weighted by atomic mass is 10.0. The lowest BCUT2D eigenvalue weighted by Gasteiger charge is -2.08. The first-order valence-electron chi connectivity index (χ1n) is 21.6. The third-order valence-electron chi connectivity index (χ3n) is 9.60. The number of aliphatic hydroxyl groups is 2. The van der Waals surface area contributed by atoms with Crippen LogP contribution >= 0.6 is 0 Å². The van der Waals surface area contributed by atoms with E-state index in [9.17, 15) is 9.59 Å². The number of esters is 2. The second kappa shape index (κ2) is 43.9. The molecule has 0 fully saturated rings. The van der Waals surface area contributed by atoms with Crippen molar-refractivity contribution in [3.05, 3.63) is 0 Å². The van der Waals surface area contributed by atoms with Gasteiger partial charge in [-0.15, -0.1) is 0 Å². The van der Waals surface area contributed by atoms with Gasteiger partial charge in [0.05, 0.1) is 26.1 Å². The van der Waals surface area contributed by atoms with E-state index in [1.54, 1.807) is 0 Å². The van der Waals surface area contributed by atoms with Gasteiger partial charge in [0, 0.05) is 26.3 Å². The van der Waals surface area contributed by atoms with Crippen molar-refractivity contribution < 1.29 is 29.3 Å². The Labute approximate surface area is 309 Å². The van der Waals surface area contributed by atoms with Crippen molar-refractivity contribution in [3.8, 4) is 0 Å². The standard InChI is InChI=1S/C42H84N2O6/c45-37-27-21-17-13-9-5-1-3-7-11-15-19-23-29-39-49-41(47)31-35-43-33-25-26-34-44-36-32-42(48)50-40-30-24-20-16-12-8-4-2-6-10-14-18-22-28-38-46/h43-46H,1-40H2. The number of hydrogen-bond donors (Lipinski definition) is 4. The summed E-state index contributed by atoms with van der Waals surface area (Å²) in [4.78, 5) is 23.9. The Kier molecular flexibility index (Phi) is 42.9. The van der Waals surface area contributed by atoms with Crippen molar-refractivity contribution in [1.82, 2.24) is 10.6 Å². The number of unbranched alkanes of at least 4 members (excludes halogenated alkanes) is 27. The van der Waals surface area contributed by atoms with Gasteiger partial charge in [0.1, 0.15) is 0 Å². The summed E-state index contributed by atoms with van der Waals surface area (Å²) in [6.45, 7) is 4.87. The Hall–Kier alpha value is -1.22. The van der Waals surface area contributed by atoms with Gasteiger partial charge in [-0.25, -0.2) is 0 Å². The smallest absolute Gasteiger partial charge is 0.307 e. The van der Waals surface area contributed by atoms with Crippen LogP contribution in [-0.2, 0) is 19.1 Å². The SMILES string of the molecule is O=C(CCNCCCCNCCC(=O)OCCCCCCCCCCCCCCCCO)OCCCCCCCCCCCCCCCCO. The lowest BCUT2D eigenvalue weighted by molar-refractivity contribution is -0.144. The Morgan fingerprint density at radius 2 is 0.560 bits per heavy atom. The molecular weight excluding hydrogens is 628 g/mol. The normalized spacial score (nSPS) is 11.3. The maximum absolute atomic E-state index is 11.9. The Morgan fingerprint density at radius 1 is 0.320 bits per heavy atom. The summed E-state index contributed by atoms with van der Waals surface area (Å²) in [7, 11) is 0. The average molecular weight is 713 g/mol. The molecular formula is C42H84N2O6. The Bertz CT molecular complexity index is 625. The molecule has 0 rings (SSSR count). The first-order chi connectivity index (χ1) is 24.7. The van der Waals surface area contributed by atoms with Crippen LogP contribution in [0.4, 0.5) is 0 Å². The molecule has 8 nitrogen and oxygen atoms in total. The second-order valence-electron chi connectivity index (χ2n) is 14.5. The third-order valence-corrected chi connectivity index (χ3v) is 9.60. The molecule has 0 aliphatic heterocycles. The number of ether oxygens (including phenoxy) is 2. The van der Waals surface area contributed by atoms with Crippen LogP contribution in [0.15, 0.2) is 0 Å². The molecule has 4 N–H and O–H groups in total. The van der Waals surface area contributed by atoms with Crippen LogP contribution in [0.1, 0.15) is 205 Å². The Balaban J connectivity index is 3.23. The lowest BCUT2D eigenvalue weighted by Crippen LogP contribution is -2.23. The molecule has 0 heterocycles. The molecule has 0 atom stereocenters. The van der Waals surface area contributed by atoms with Crippen LogP contribution < -0.4 is 10.6 Å². The number of nitrogens with one attached hydrogen (secondary N) is 2. The van der Waals surface area contributed by atoms with Crippen molar-refractivity contribution in [2.75, 3.05) is 52.6 Å². The topological polar surface area (TPSA) is 117 Å². The van der Waals surface area contributed by atoms with E-state index in [0.717, 1.165) is 64.5 Å². The maximum Gasteiger partial charge on any atom is 0.307 e. The number of carbonyl (C=O) groups excluding carboxylic acids is 2. The highest BCUT2D eigenvalue weighted by atomic mass is 16.5. The fourth-order valence-electron chi connectivity index (χ4n) is 6.32. The average Bonchev–Trinajstić information content (AvgIpc) is 3.12. The van der Waals surface area contributed by atoms with Crippen molar-refractivity contribution in [2.45, 2.75) is 205 Å². The van der Waals surface area contributed by atoms with Crippen molar-refractivity contribution in [1.29, 1.82) is 0 Å². The fourth-order valence-corrected chi connectivity index (χ4v) is 6.32. The minimum Gasteiger partial charge on any atom is -0.466 e. The minimum absolute atomic E-state index is 0.103. The fraction of sp³-hybridized carbons (Fsp3) is 0.952. The summed E-state index contributed by atoms with van der Waals surface area (Å²) in [6.07, 6.45) is 37.8. The van der Waals surface area contributed by atoms with Crippen LogP contribution in [0.5, 0.6) is 0 Å². The summed E-state index contributed by atoms with van der Waals surface area (Å²) in [6, 6.07) is 0. The van der Waals surface area contributed by atoms with Gasteiger partial charge in [0.2, 0.25) is 0 Å². The molecule has 0 amide bonds. The van der Waals surface area contributed by atoms with Gasteiger partial charge in [-0.05, 0) is 51.6 Å². The zero-order valence-corrected chi connectivity index (χ0v) is 32.8. The van der Waals surface area contributed by atoms with Gasteiger partial charge >= 0.3 is 11.9 Å². The number of aliphatic hydroxyl groups excluding tert-OH is 2. The summed E-state index contributed by atoms with van der Waals surface area (Å²) in [5.41, 5.74) is 0. The van der Waals surface area contributed by atoms with E-state index >= 15 is 0 Å². The van der Waals surface area contributed by atoms with Gasteiger partial charge in [-0.1, -0.05) is 154 Å². The molecule has 0 aromatic rings. The highest BCUT2D eigenvalue weighted by Gasteiger charge is 2.04. The molecule has 298 valence electrons. The van der Waals surface area contributed by atoms with Gasteiger partial charge in [0.25, 0.3) is 0 Å². The highest BCUT2D eigenvalue weighted by molar-refractivity contribution is 5.69. The second-order valence-corrected chi connectivity index (χ2v) is 14.5. The molecule has 0 saturated carbocycles. The quantitative estimate of drug-likeness (QED) is 0.0365. The number of carbonyl (C=O) groups is 2. The van der Waals surface area contributed by atoms with E-state index in [4.69, 9.17) is 19.7 Å². The first kappa shape index (κ1) is 48.8. The predicted octanol–water partition coefficient (Wildman–Crippen LogP) is 9.72. The zero-order chi connectivity index (χ0) is 36.3. The van der Waals surface area contributed by atoms with Gasteiger partial charge in [-0.2, -0.15) is 0 Å². The summed E-state index contributed by atoms with van der Waals surface area (Å²) in [5.74, 6) is -0.205. The molecule has 0 unspecified atom stereocenters. The van der Waals surface area contributed by atoms with Crippen LogP contribution in [0.25, 0.3) is 0 Å². The summed E-state index contributed by atoms with van der Waals surface area (Å²) < 4.78 is 10.8. The highest BCUT2D eigenvalue weighted by Crippen LogP contribution is 2.14. The van der Waals surface area contributed by atoms with Crippen LogP contribution in [0.3, 0.4) is 0 Å². The molecule has 0 aliphatic rings. The molecule has 0 bridgehead atoms. The van der Waals surface area contributed by atoms with Crippen molar-refractivity contribution in [3.63, 3.8) is 0 Å². The van der Waals surface area contributed by atoms with Crippen molar-refractivity contribution >= 4 is 11.9 Å². The van der Waals surface area contributed by atoms with E-state index in [2.05, 4.69) is 10.6 Å². The molecule has 0 radical (unpaired) electrons. The van der Waals surface area contributed by atoms with E-state index < -0.39 is 0 Å². The van der Waals surface area contributed by atoms with E-state index in [-0.39, 0.29) is 11.9 Å². The van der Waals surface area contributed by atoms with Crippen LogP contribution in [-0.4, -0.2) is 74.8 Å². The number of hydrogen-bond acceptors (Lipinski definition) is 8. The maximum atomic E-state index is 11.9. The van der Waals surface area contributed by atoms with Crippen LogP contribution in [0, 0.1) is 0 Å². The molecule has 8 heteroatoms. The molecule has 0 spiro atoms. The van der Waals surface area contributed by atoms with E-state index in [0.29, 0.717) is 52.4 Å². The van der Waals surface area contributed by atoms with Gasteiger partial charge < -0.3 is 30.3 Å². The Morgan fingerprint density at radius 3 is 0.820 bits per heavy atom. The zero-order valence-electron chi connectivity index (χ0n) is 32.8. The third kappa shape index (κ3) is 42.9. The van der Waals surface area contributed by atoms with Gasteiger partial charge in [0.15, 0.2) is 0 Å². The number of rotatable bonds is 43. The monoisotopic (exact) mass is 713 g/mol. The first-order valence-corrected chi connectivity index (χ1v) is 21.6. The molecule has 0 aromatic heterocycles. The summed E-state index contributed by atoms with van der Waals surface area (Å²) >= 11 is 0. The van der Waals surface area contributed by atoms with E-state index in [1.807, 2.05) is 0 Å². The molecule has 0 aromatic carbocycles. The molecule has 0 saturated heterocycles. The van der Waals surface area contributed by atoms with Crippen LogP contribution in [0.2, 0.25) is 0 Å². The molecule has 0 aliphatic carbocycles. The summed E-state index contributed by atoms with van der Waals surface area (Å²) in [5, 5.41) is 24.2. The predicted molar refractivity (Wildman–Crippen MR) is 210 cm³/mol. The molecule has 50 heavy (non-hydrogen) atoms. The largest absolute Gasteiger partial charge is 0.466 e. The minimum atomic E-state index is -0.103. The van der Waals surface area contributed by atoms with Crippen molar-refractivity contribution in [2.24, 2.45) is 0 Å².